The molecule has 0 bridgehead atoms. The van der Waals surface area contributed by atoms with Crippen LogP contribution in [-0.4, -0.2) is 26.9 Å². The molecule has 0 spiro atoms. The van der Waals surface area contributed by atoms with E-state index in [1.54, 1.807) is 25.8 Å². The first-order chi connectivity index (χ1) is 9.86. The molecule has 0 aliphatic carbocycles. The van der Waals surface area contributed by atoms with Crippen LogP contribution in [0.15, 0.2) is 55.1 Å². The Morgan fingerprint density at radius 2 is 1.80 bits per heavy atom. The molecule has 2 aromatic heterocycles. The van der Waals surface area contributed by atoms with Crippen molar-refractivity contribution < 1.29 is 4.74 Å². The summed E-state index contributed by atoms with van der Waals surface area (Å²) in [6.45, 7) is 0.717. The lowest BCUT2D eigenvalue weighted by molar-refractivity contribution is 0.414. The molecule has 0 fully saturated rings. The van der Waals surface area contributed by atoms with Crippen LogP contribution in [-0.2, 0) is 6.54 Å². The van der Waals surface area contributed by atoms with E-state index in [-0.39, 0.29) is 0 Å². The first-order valence-corrected chi connectivity index (χ1v) is 6.28. The number of methoxy groups -OCH3 is 1. The van der Waals surface area contributed by atoms with Gasteiger partial charge in [0.2, 0.25) is 0 Å². The average Bonchev–Trinajstić information content (AvgIpc) is 2.97. The SMILES string of the molecule is COc1ccc(Cn2cnnc2-c2ccncc2)cc1. The highest BCUT2D eigenvalue weighted by atomic mass is 16.5. The van der Waals surface area contributed by atoms with Gasteiger partial charge in [0.05, 0.1) is 13.7 Å². The van der Waals surface area contributed by atoms with Crippen LogP contribution in [0.5, 0.6) is 5.75 Å². The van der Waals surface area contributed by atoms with Crippen molar-refractivity contribution in [2.45, 2.75) is 6.54 Å². The van der Waals surface area contributed by atoms with Crippen molar-refractivity contribution in [1.82, 2.24) is 19.7 Å². The maximum absolute atomic E-state index is 5.16. The molecule has 0 unspecified atom stereocenters. The lowest BCUT2D eigenvalue weighted by Crippen LogP contribution is -2.01. The van der Waals surface area contributed by atoms with Crippen LogP contribution in [0.4, 0.5) is 0 Å². The highest BCUT2D eigenvalue weighted by Gasteiger charge is 2.07. The van der Waals surface area contributed by atoms with Crippen LogP contribution in [0.25, 0.3) is 11.4 Å². The lowest BCUT2D eigenvalue weighted by atomic mass is 10.2. The summed E-state index contributed by atoms with van der Waals surface area (Å²) in [6.07, 6.45) is 5.24. The van der Waals surface area contributed by atoms with E-state index >= 15 is 0 Å². The van der Waals surface area contributed by atoms with E-state index in [0.29, 0.717) is 6.54 Å². The number of rotatable bonds is 4. The summed E-state index contributed by atoms with van der Waals surface area (Å²) < 4.78 is 7.17. The minimum atomic E-state index is 0.717. The van der Waals surface area contributed by atoms with E-state index in [1.807, 2.05) is 41.0 Å². The molecule has 1 aromatic carbocycles. The van der Waals surface area contributed by atoms with E-state index in [4.69, 9.17) is 4.74 Å². The molecule has 0 saturated heterocycles. The zero-order valence-electron chi connectivity index (χ0n) is 11.1. The fourth-order valence-electron chi connectivity index (χ4n) is 2.02. The number of hydrogen-bond donors (Lipinski definition) is 0. The fourth-order valence-corrected chi connectivity index (χ4v) is 2.02. The normalized spacial score (nSPS) is 10.4. The summed E-state index contributed by atoms with van der Waals surface area (Å²) in [5, 5.41) is 8.17. The Balaban J connectivity index is 1.86. The molecule has 0 aliphatic rings. The van der Waals surface area contributed by atoms with Gasteiger partial charge in [-0.25, -0.2) is 0 Å². The van der Waals surface area contributed by atoms with Crippen LogP contribution in [0.1, 0.15) is 5.56 Å². The zero-order valence-corrected chi connectivity index (χ0v) is 11.1. The molecule has 20 heavy (non-hydrogen) atoms. The summed E-state index contributed by atoms with van der Waals surface area (Å²) in [6, 6.07) is 11.8. The number of ether oxygens (including phenoxy) is 1. The molecule has 0 amide bonds. The van der Waals surface area contributed by atoms with E-state index in [0.717, 1.165) is 17.1 Å². The van der Waals surface area contributed by atoms with Gasteiger partial charge < -0.3 is 9.30 Å². The first kappa shape index (κ1) is 12.3. The molecule has 5 heteroatoms. The molecule has 2 heterocycles. The quantitative estimate of drug-likeness (QED) is 0.727. The van der Waals surface area contributed by atoms with Crippen molar-refractivity contribution >= 4 is 0 Å². The van der Waals surface area contributed by atoms with Crippen LogP contribution < -0.4 is 4.74 Å². The van der Waals surface area contributed by atoms with Crippen molar-refractivity contribution in [3.05, 3.63) is 60.7 Å². The second-order valence-electron chi connectivity index (χ2n) is 4.37. The molecule has 0 atom stereocenters. The Hall–Kier alpha value is -2.69. The van der Waals surface area contributed by atoms with E-state index in [9.17, 15) is 0 Å². The largest absolute Gasteiger partial charge is 0.497 e. The maximum Gasteiger partial charge on any atom is 0.164 e. The minimum Gasteiger partial charge on any atom is -0.497 e. The third kappa shape index (κ3) is 2.51. The van der Waals surface area contributed by atoms with Gasteiger partial charge in [-0.15, -0.1) is 10.2 Å². The monoisotopic (exact) mass is 266 g/mol. The number of hydrogen-bond acceptors (Lipinski definition) is 4. The summed E-state index contributed by atoms with van der Waals surface area (Å²) in [4.78, 5) is 4.02. The number of pyridine rings is 1. The molecule has 0 saturated carbocycles. The number of aromatic nitrogens is 4. The molecule has 0 aliphatic heterocycles. The summed E-state index contributed by atoms with van der Waals surface area (Å²) in [5.74, 6) is 1.69. The molecular formula is C15H14N4O. The Bertz CT molecular complexity index is 677. The molecule has 100 valence electrons. The number of nitrogens with zero attached hydrogens (tertiary/aromatic N) is 4. The average molecular weight is 266 g/mol. The topological polar surface area (TPSA) is 52.8 Å². The molecular weight excluding hydrogens is 252 g/mol. The molecule has 3 rings (SSSR count). The second-order valence-corrected chi connectivity index (χ2v) is 4.37. The van der Waals surface area contributed by atoms with Gasteiger partial charge in [0.1, 0.15) is 12.1 Å². The van der Waals surface area contributed by atoms with Crippen molar-refractivity contribution in [2.24, 2.45) is 0 Å². The number of benzene rings is 1. The second kappa shape index (κ2) is 5.52. The minimum absolute atomic E-state index is 0.717. The summed E-state index contributed by atoms with van der Waals surface area (Å²) in [7, 11) is 1.66. The summed E-state index contributed by atoms with van der Waals surface area (Å²) >= 11 is 0. The Morgan fingerprint density at radius 3 is 2.50 bits per heavy atom. The van der Waals surface area contributed by atoms with Crippen LogP contribution >= 0.6 is 0 Å². The predicted molar refractivity (Wildman–Crippen MR) is 75.3 cm³/mol. The molecule has 3 aromatic rings. The van der Waals surface area contributed by atoms with Crippen LogP contribution in [0.2, 0.25) is 0 Å². The lowest BCUT2D eigenvalue weighted by Gasteiger charge is -2.07. The van der Waals surface area contributed by atoms with Crippen molar-refractivity contribution in [1.29, 1.82) is 0 Å². The standard InChI is InChI=1S/C15H14N4O/c1-20-14-4-2-12(3-5-14)10-19-11-17-18-15(19)13-6-8-16-9-7-13/h2-9,11H,10H2,1H3. The first-order valence-electron chi connectivity index (χ1n) is 6.28. The highest BCUT2D eigenvalue weighted by molar-refractivity contribution is 5.53. The van der Waals surface area contributed by atoms with Gasteiger partial charge >= 0.3 is 0 Å². The van der Waals surface area contributed by atoms with Crippen molar-refractivity contribution in [2.75, 3.05) is 7.11 Å². The van der Waals surface area contributed by atoms with Gasteiger partial charge in [0.25, 0.3) is 0 Å². The zero-order chi connectivity index (χ0) is 13.8. The van der Waals surface area contributed by atoms with Gasteiger partial charge in [-0.05, 0) is 29.8 Å². The van der Waals surface area contributed by atoms with Gasteiger partial charge in [-0.1, -0.05) is 12.1 Å². The van der Waals surface area contributed by atoms with Crippen molar-refractivity contribution in [3.8, 4) is 17.1 Å². The van der Waals surface area contributed by atoms with Gasteiger partial charge in [0.15, 0.2) is 5.82 Å². The van der Waals surface area contributed by atoms with E-state index < -0.39 is 0 Å². The van der Waals surface area contributed by atoms with Gasteiger partial charge in [-0.3, -0.25) is 4.98 Å². The van der Waals surface area contributed by atoms with Crippen LogP contribution in [0.3, 0.4) is 0 Å². The molecule has 0 radical (unpaired) electrons. The molecule has 5 nitrogen and oxygen atoms in total. The smallest absolute Gasteiger partial charge is 0.164 e. The predicted octanol–water partition coefficient (Wildman–Crippen LogP) is 2.40. The van der Waals surface area contributed by atoms with Gasteiger partial charge in [0, 0.05) is 18.0 Å². The highest BCUT2D eigenvalue weighted by Crippen LogP contribution is 2.17. The maximum atomic E-state index is 5.16. The van der Waals surface area contributed by atoms with E-state index in [2.05, 4.69) is 15.2 Å². The van der Waals surface area contributed by atoms with E-state index in [1.165, 1.54) is 5.56 Å². The van der Waals surface area contributed by atoms with Crippen molar-refractivity contribution in [3.63, 3.8) is 0 Å². The van der Waals surface area contributed by atoms with Crippen LogP contribution in [0, 0.1) is 0 Å². The third-order valence-corrected chi connectivity index (χ3v) is 3.07. The Morgan fingerprint density at radius 1 is 1.05 bits per heavy atom. The summed E-state index contributed by atoms with van der Waals surface area (Å²) in [5.41, 5.74) is 2.17. The third-order valence-electron chi connectivity index (χ3n) is 3.07. The molecule has 0 N–H and O–H groups in total. The Kier molecular flexibility index (Phi) is 3.41. The fraction of sp³-hybridized carbons (Fsp3) is 0.133. The van der Waals surface area contributed by atoms with Gasteiger partial charge in [-0.2, -0.15) is 0 Å². The Labute approximate surface area is 116 Å².